The van der Waals surface area contributed by atoms with Crippen molar-refractivity contribution in [2.75, 3.05) is 24.4 Å². The summed E-state index contributed by atoms with van der Waals surface area (Å²) in [5, 5.41) is 9.29. The van der Waals surface area contributed by atoms with Gasteiger partial charge in [-0.05, 0) is 0 Å². The van der Waals surface area contributed by atoms with Gasteiger partial charge in [0, 0.05) is 19.7 Å². The lowest BCUT2D eigenvalue weighted by molar-refractivity contribution is -0.866. The van der Waals surface area contributed by atoms with Crippen molar-refractivity contribution in [3.05, 3.63) is 12.4 Å². The molecule has 7 nitrogen and oxygen atoms in total. The van der Waals surface area contributed by atoms with Crippen LogP contribution in [0.5, 0.6) is 0 Å². The lowest BCUT2D eigenvalue weighted by Gasteiger charge is -2.24. The van der Waals surface area contributed by atoms with E-state index in [-0.39, 0.29) is 6.04 Å². The Balaban J connectivity index is 2.33. The molecular formula is C9H18N5O2S+. The number of nitrogens with two attached hydrogens (primary N) is 1. The van der Waals surface area contributed by atoms with Gasteiger partial charge >= 0.3 is 0 Å². The largest absolute Gasteiger partial charge is 0.336 e. The second-order valence-electron chi connectivity index (χ2n) is 4.57. The molecule has 2 heterocycles. The van der Waals surface area contributed by atoms with Gasteiger partial charge in [-0.3, -0.25) is 4.68 Å². The Morgan fingerprint density at radius 3 is 2.76 bits per heavy atom. The first-order chi connectivity index (χ1) is 7.88. The Morgan fingerprint density at radius 1 is 1.65 bits per heavy atom. The van der Waals surface area contributed by atoms with E-state index in [4.69, 9.17) is 5.14 Å². The molecule has 1 aliphatic rings. The van der Waals surface area contributed by atoms with Crippen molar-refractivity contribution in [3.8, 4) is 0 Å². The van der Waals surface area contributed by atoms with Crippen molar-refractivity contribution < 1.29 is 13.3 Å². The number of aromatic nitrogens is 2. The van der Waals surface area contributed by atoms with Crippen molar-refractivity contribution in [1.82, 2.24) is 9.78 Å². The number of rotatable bonds is 3. The predicted molar refractivity (Wildman–Crippen MR) is 63.8 cm³/mol. The highest BCUT2D eigenvalue weighted by Gasteiger charge is 2.35. The minimum Gasteiger partial charge on any atom is -0.336 e. The maximum Gasteiger partial charge on any atom is 0.299 e. The minimum absolute atomic E-state index is 0.0748. The molecule has 0 bridgehead atoms. The highest BCUT2D eigenvalue weighted by Crippen LogP contribution is 2.20. The molecule has 0 radical (unpaired) electrons. The second kappa shape index (κ2) is 4.28. The van der Waals surface area contributed by atoms with E-state index in [9.17, 15) is 8.42 Å². The lowest BCUT2D eigenvalue weighted by Crippen LogP contribution is -3.07. The number of likely N-dealkylation sites (tertiary alicyclic amines) is 1. The number of nitrogens with zero attached hydrogens (tertiary/aromatic N) is 3. The number of quaternary nitrogens is 1. The molecule has 0 saturated carbocycles. The van der Waals surface area contributed by atoms with E-state index < -0.39 is 10.2 Å². The molecule has 0 spiro atoms. The SMILES string of the molecule is Cn1cc(N([C@H]2CC[NH+](C)C2)S(N)(=O)=O)cn1. The molecule has 96 valence electrons. The van der Waals surface area contributed by atoms with E-state index in [0.717, 1.165) is 19.5 Å². The van der Waals surface area contributed by atoms with Gasteiger partial charge in [-0.25, -0.2) is 9.44 Å². The summed E-state index contributed by atoms with van der Waals surface area (Å²) in [6.45, 7) is 1.72. The number of anilines is 1. The van der Waals surface area contributed by atoms with Crippen molar-refractivity contribution in [3.63, 3.8) is 0 Å². The first-order valence-corrected chi connectivity index (χ1v) is 7.00. The average molecular weight is 260 g/mol. The smallest absolute Gasteiger partial charge is 0.299 e. The number of likely N-dealkylation sites (N-methyl/N-ethyl adjacent to an activating group) is 1. The molecule has 17 heavy (non-hydrogen) atoms. The van der Waals surface area contributed by atoms with Gasteiger partial charge in [0.25, 0.3) is 10.2 Å². The molecular weight excluding hydrogens is 242 g/mol. The third-order valence-electron chi connectivity index (χ3n) is 3.04. The van der Waals surface area contributed by atoms with Gasteiger partial charge in [0.05, 0.1) is 32.0 Å². The summed E-state index contributed by atoms with van der Waals surface area (Å²) in [4.78, 5) is 1.31. The van der Waals surface area contributed by atoms with E-state index in [1.807, 2.05) is 7.05 Å². The van der Waals surface area contributed by atoms with Crippen LogP contribution in [-0.2, 0) is 17.3 Å². The maximum atomic E-state index is 11.7. The topological polar surface area (TPSA) is 85.7 Å². The van der Waals surface area contributed by atoms with Crippen molar-refractivity contribution in [1.29, 1.82) is 0 Å². The summed E-state index contributed by atoms with van der Waals surface area (Å²) in [5.41, 5.74) is 0.537. The Hall–Kier alpha value is -1.12. The van der Waals surface area contributed by atoms with E-state index >= 15 is 0 Å². The van der Waals surface area contributed by atoms with Crippen LogP contribution in [0.25, 0.3) is 0 Å². The lowest BCUT2D eigenvalue weighted by atomic mass is 10.2. The molecule has 0 aliphatic carbocycles. The Labute approximate surface area is 101 Å². The van der Waals surface area contributed by atoms with Crippen LogP contribution in [0.15, 0.2) is 12.4 Å². The Bertz CT molecular complexity index is 497. The fourth-order valence-electron chi connectivity index (χ4n) is 2.31. The molecule has 8 heteroatoms. The molecule has 1 aliphatic heterocycles. The summed E-state index contributed by atoms with van der Waals surface area (Å²) in [6.07, 6.45) is 4.01. The summed E-state index contributed by atoms with van der Waals surface area (Å²) in [5.74, 6) is 0. The van der Waals surface area contributed by atoms with Crippen LogP contribution in [0.2, 0.25) is 0 Å². The molecule has 0 aromatic carbocycles. The van der Waals surface area contributed by atoms with E-state index in [2.05, 4.69) is 5.10 Å². The van der Waals surface area contributed by atoms with E-state index in [1.54, 1.807) is 17.9 Å². The van der Waals surface area contributed by atoms with Crippen LogP contribution in [0.3, 0.4) is 0 Å². The fourth-order valence-corrected chi connectivity index (χ4v) is 3.29. The molecule has 1 saturated heterocycles. The van der Waals surface area contributed by atoms with Crippen molar-refractivity contribution in [2.45, 2.75) is 12.5 Å². The quantitative estimate of drug-likeness (QED) is 0.642. The van der Waals surface area contributed by atoms with Gasteiger partial charge in [0.2, 0.25) is 0 Å². The third kappa shape index (κ3) is 2.59. The normalized spacial score (nSPS) is 25.1. The molecule has 1 unspecified atom stereocenters. The zero-order valence-electron chi connectivity index (χ0n) is 10.00. The van der Waals surface area contributed by atoms with Crippen molar-refractivity contribution >= 4 is 15.9 Å². The second-order valence-corrected chi connectivity index (χ2v) is 5.99. The molecule has 1 aromatic heterocycles. The van der Waals surface area contributed by atoms with Gasteiger partial charge in [0.15, 0.2) is 0 Å². The van der Waals surface area contributed by atoms with E-state index in [1.165, 1.54) is 15.4 Å². The standard InChI is InChI=1S/C9H17N5O2S/c1-12-4-3-8(6-12)14(17(10,15)16)9-5-11-13(2)7-9/h5,7-8H,3-4,6H2,1-2H3,(H2,10,15,16)/p+1/t8-/m0/s1. The summed E-state index contributed by atoms with van der Waals surface area (Å²) >= 11 is 0. The monoisotopic (exact) mass is 260 g/mol. The highest BCUT2D eigenvalue weighted by molar-refractivity contribution is 7.90. The van der Waals surface area contributed by atoms with E-state index in [0.29, 0.717) is 5.69 Å². The van der Waals surface area contributed by atoms with Gasteiger partial charge in [-0.15, -0.1) is 0 Å². The van der Waals surface area contributed by atoms with Gasteiger partial charge in [-0.2, -0.15) is 13.5 Å². The van der Waals surface area contributed by atoms with Crippen LogP contribution < -0.4 is 14.3 Å². The Kier molecular flexibility index (Phi) is 3.11. The van der Waals surface area contributed by atoms with Crippen LogP contribution in [0.4, 0.5) is 5.69 Å². The van der Waals surface area contributed by atoms with Gasteiger partial charge in [0.1, 0.15) is 6.04 Å². The van der Waals surface area contributed by atoms with Crippen LogP contribution >= 0.6 is 0 Å². The van der Waals surface area contributed by atoms with Gasteiger partial charge < -0.3 is 4.90 Å². The van der Waals surface area contributed by atoms with Crippen molar-refractivity contribution in [2.24, 2.45) is 12.2 Å². The molecule has 1 aromatic rings. The molecule has 0 amide bonds. The molecule has 3 N–H and O–H groups in total. The molecule has 2 rings (SSSR count). The summed E-state index contributed by atoms with van der Waals surface area (Å²) in [6, 6.07) is -0.0748. The summed E-state index contributed by atoms with van der Waals surface area (Å²) < 4.78 is 26.2. The molecule has 1 fully saturated rings. The predicted octanol–water partition coefficient (Wildman–Crippen LogP) is -2.28. The number of aryl methyl sites for hydroxylation is 1. The minimum atomic E-state index is -3.74. The zero-order valence-corrected chi connectivity index (χ0v) is 10.8. The third-order valence-corrected chi connectivity index (χ3v) is 4.10. The number of nitrogens with one attached hydrogen (secondary N) is 1. The number of hydrogen-bond acceptors (Lipinski definition) is 3. The average Bonchev–Trinajstić information content (AvgIpc) is 2.75. The Morgan fingerprint density at radius 2 is 2.35 bits per heavy atom. The first kappa shape index (κ1) is 12.3. The van der Waals surface area contributed by atoms with Crippen LogP contribution in [0, 0.1) is 0 Å². The highest BCUT2D eigenvalue weighted by atomic mass is 32.2. The maximum absolute atomic E-state index is 11.7. The van der Waals surface area contributed by atoms with Gasteiger partial charge in [-0.1, -0.05) is 0 Å². The summed E-state index contributed by atoms with van der Waals surface area (Å²) in [7, 11) is 0.0482. The molecule has 2 atom stereocenters. The number of hydrogen-bond donors (Lipinski definition) is 2. The van der Waals surface area contributed by atoms with Crippen LogP contribution in [-0.4, -0.2) is 44.4 Å². The zero-order chi connectivity index (χ0) is 12.6. The fraction of sp³-hybridized carbons (Fsp3) is 0.667. The van der Waals surface area contributed by atoms with Crippen LogP contribution in [0.1, 0.15) is 6.42 Å². The first-order valence-electron chi connectivity index (χ1n) is 5.50.